The Balaban J connectivity index is 2.59. The molecule has 0 bridgehead atoms. The van der Waals surface area contributed by atoms with Gasteiger partial charge in [0.05, 0.1) is 13.2 Å². The van der Waals surface area contributed by atoms with Gasteiger partial charge in [-0.3, -0.25) is 9.59 Å². The average molecular weight is 221 g/mol. The first-order valence-electron chi connectivity index (χ1n) is 5.14. The minimum Gasteiger partial charge on any atom is -0.494 e. The Morgan fingerprint density at radius 3 is 2.38 bits per heavy atom. The van der Waals surface area contributed by atoms with E-state index in [1.165, 1.54) is 6.92 Å². The van der Waals surface area contributed by atoms with Gasteiger partial charge < -0.3 is 10.1 Å². The normalized spacial score (nSPS) is 9.62. The number of amides is 1. The van der Waals surface area contributed by atoms with Gasteiger partial charge in [0.1, 0.15) is 11.5 Å². The lowest BCUT2D eigenvalue weighted by Crippen LogP contribution is -2.28. The molecule has 0 radical (unpaired) electrons. The van der Waals surface area contributed by atoms with Gasteiger partial charge in [0.2, 0.25) is 0 Å². The zero-order valence-electron chi connectivity index (χ0n) is 9.45. The summed E-state index contributed by atoms with van der Waals surface area (Å²) in [4.78, 5) is 22.2. The van der Waals surface area contributed by atoms with Crippen molar-refractivity contribution < 1.29 is 14.3 Å². The molecule has 1 N–H and O–H groups in total. The largest absolute Gasteiger partial charge is 0.494 e. The molecule has 0 saturated carbocycles. The summed E-state index contributed by atoms with van der Waals surface area (Å²) in [5.41, 5.74) is 0.518. The maximum absolute atomic E-state index is 11.5. The molecule has 4 nitrogen and oxygen atoms in total. The van der Waals surface area contributed by atoms with Crippen LogP contribution in [0.3, 0.4) is 0 Å². The van der Waals surface area contributed by atoms with E-state index in [0.29, 0.717) is 12.2 Å². The molecule has 1 amide bonds. The summed E-state index contributed by atoms with van der Waals surface area (Å²) >= 11 is 0. The third-order valence-electron chi connectivity index (χ3n) is 1.93. The van der Waals surface area contributed by atoms with Crippen LogP contribution in [0.1, 0.15) is 24.2 Å². The van der Waals surface area contributed by atoms with Crippen molar-refractivity contribution in [2.75, 3.05) is 13.2 Å². The fourth-order valence-corrected chi connectivity index (χ4v) is 1.18. The Hall–Kier alpha value is -1.84. The van der Waals surface area contributed by atoms with Crippen molar-refractivity contribution in [3.05, 3.63) is 29.8 Å². The standard InChI is InChI=1S/C12H15NO3/c1-3-16-11-6-4-10(5-7-11)12(15)13-8-9(2)14/h4-7H,3,8H2,1-2H3,(H,13,15). The summed E-state index contributed by atoms with van der Waals surface area (Å²) < 4.78 is 5.25. The van der Waals surface area contributed by atoms with E-state index in [1.54, 1.807) is 24.3 Å². The number of Topliss-reactive ketones (excluding diaryl/α,β-unsaturated/α-hetero) is 1. The summed E-state index contributed by atoms with van der Waals surface area (Å²) in [6, 6.07) is 6.79. The minimum atomic E-state index is -0.252. The third-order valence-corrected chi connectivity index (χ3v) is 1.93. The first-order valence-corrected chi connectivity index (χ1v) is 5.14. The van der Waals surface area contributed by atoms with Crippen molar-refractivity contribution in [1.82, 2.24) is 5.32 Å². The molecule has 0 aliphatic rings. The SMILES string of the molecule is CCOc1ccc(C(=O)NCC(C)=O)cc1. The van der Waals surface area contributed by atoms with Gasteiger partial charge in [0.15, 0.2) is 0 Å². The Labute approximate surface area is 94.6 Å². The lowest BCUT2D eigenvalue weighted by Gasteiger charge is -2.05. The lowest BCUT2D eigenvalue weighted by molar-refractivity contribution is -0.116. The van der Waals surface area contributed by atoms with Gasteiger partial charge in [-0.05, 0) is 38.1 Å². The highest BCUT2D eigenvalue weighted by atomic mass is 16.5. The molecular formula is C12H15NO3. The van der Waals surface area contributed by atoms with Crippen LogP contribution in [0, 0.1) is 0 Å². The van der Waals surface area contributed by atoms with Crippen LogP contribution in [-0.4, -0.2) is 24.8 Å². The van der Waals surface area contributed by atoms with Gasteiger partial charge in [-0.15, -0.1) is 0 Å². The van der Waals surface area contributed by atoms with Crippen LogP contribution in [0.2, 0.25) is 0 Å². The summed E-state index contributed by atoms with van der Waals surface area (Å²) in [7, 11) is 0. The van der Waals surface area contributed by atoms with Crippen LogP contribution in [-0.2, 0) is 4.79 Å². The molecule has 0 atom stereocenters. The van der Waals surface area contributed by atoms with E-state index in [9.17, 15) is 9.59 Å². The Morgan fingerprint density at radius 1 is 1.25 bits per heavy atom. The molecule has 86 valence electrons. The van der Waals surface area contributed by atoms with Crippen LogP contribution >= 0.6 is 0 Å². The second-order valence-corrected chi connectivity index (χ2v) is 3.34. The van der Waals surface area contributed by atoms with Crippen molar-refractivity contribution in [3.63, 3.8) is 0 Å². The predicted octanol–water partition coefficient (Wildman–Crippen LogP) is 1.40. The fourth-order valence-electron chi connectivity index (χ4n) is 1.18. The molecule has 1 aromatic rings. The molecule has 0 aliphatic carbocycles. The number of carbonyl (C=O) groups is 2. The molecule has 1 aromatic carbocycles. The second-order valence-electron chi connectivity index (χ2n) is 3.34. The van der Waals surface area contributed by atoms with E-state index in [4.69, 9.17) is 4.74 Å². The first-order chi connectivity index (χ1) is 7.63. The van der Waals surface area contributed by atoms with Crippen molar-refractivity contribution in [3.8, 4) is 5.75 Å². The van der Waals surface area contributed by atoms with Gasteiger partial charge in [0.25, 0.3) is 5.91 Å². The van der Waals surface area contributed by atoms with E-state index in [0.717, 1.165) is 5.75 Å². The zero-order chi connectivity index (χ0) is 12.0. The highest BCUT2D eigenvalue weighted by Gasteiger charge is 2.05. The number of ether oxygens (including phenoxy) is 1. The summed E-state index contributed by atoms with van der Waals surface area (Å²) in [6.07, 6.45) is 0. The number of benzene rings is 1. The van der Waals surface area contributed by atoms with Gasteiger partial charge >= 0.3 is 0 Å². The molecule has 1 rings (SSSR count). The third kappa shape index (κ3) is 3.73. The number of rotatable bonds is 5. The topological polar surface area (TPSA) is 55.4 Å². The van der Waals surface area contributed by atoms with E-state index >= 15 is 0 Å². The quantitative estimate of drug-likeness (QED) is 0.817. The predicted molar refractivity (Wildman–Crippen MR) is 60.6 cm³/mol. The molecular weight excluding hydrogens is 206 g/mol. The maximum atomic E-state index is 11.5. The van der Waals surface area contributed by atoms with E-state index in [2.05, 4.69) is 5.32 Å². The summed E-state index contributed by atoms with van der Waals surface area (Å²) in [5.74, 6) is 0.406. The zero-order valence-corrected chi connectivity index (χ0v) is 9.45. The molecule has 0 spiro atoms. The molecule has 0 fully saturated rings. The Kier molecular flexibility index (Phi) is 4.51. The van der Waals surface area contributed by atoms with Crippen LogP contribution in [0.5, 0.6) is 5.75 Å². The van der Waals surface area contributed by atoms with Gasteiger partial charge in [-0.2, -0.15) is 0 Å². The lowest BCUT2D eigenvalue weighted by atomic mass is 10.2. The number of hydrogen-bond acceptors (Lipinski definition) is 3. The van der Waals surface area contributed by atoms with Crippen molar-refractivity contribution in [2.24, 2.45) is 0 Å². The van der Waals surface area contributed by atoms with Crippen molar-refractivity contribution in [1.29, 1.82) is 0 Å². The van der Waals surface area contributed by atoms with Gasteiger partial charge in [-0.25, -0.2) is 0 Å². The average Bonchev–Trinajstić information content (AvgIpc) is 2.27. The van der Waals surface area contributed by atoms with E-state index in [1.807, 2.05) is 6.92 Å². The van der Waals surface area contributed by atoms with Crippen LogP contribution in [0.4, 0.5) is 0 Å². The monoisotopic (exact) mass is 221 g/mol. The Bertz CT molecular complexity index is 370. The Morgan fingerprint density at radius 2 is 1.88 bits per heavy atom. The molecule has 4 heteroatoms. The highest BCUT2D eigenvalue weighted by molar-refractivity contribution is 5.96. The number of ketones is 1. The summed E-state index contributed by atoms with van der Waals surface area (Å²) in [5, 5.41) is 2.52. The summed E-state index contributed by atoms with van der Waals surface area (Å²) in [6.45, 7) is 3.98. The molecule has 0 unspecified atom stereocenters. The molecule has 0 aliphatic heterocycles. The van der Waals surface area contributed by atoms with E-state index in [-0.39, 0.29) is 18.2 Å². The van der Waals surface area contributed by atoms with E-state index < -0.39 is 0 Å². The van der Waals surface area contributed by atoms with Crippen molar-refractivity contribution in [2.45, 2.75) is 13.8 Å². The van der Waals surface area contributed by atoms with Gasteiger partial charge in [-0.1, -0.05) is 0 Å². The number of nitrogens with one attached hydrogen (secondary N) is 1. The van der Waals surface area contributed by atoms with Crippen LogP contribution in [0.25, 0.3) is 0 Å². The van der Waals surface area contributed by atoms with Crippen LogP contribution < -0.4 is 10.1 Å². The second kappa shape index (κ2) is 5.90. The molecule has 0 aromatic heterocycles. The molecule has 0 heterocycles. The van der Waals surface area contributed by atoms with Gasteiger partial charge in [0, 0.05) is 5.56 Å². The number of carbonyl (C=O) groups excluding carboxylic acids is 2. The fraction of sp³-hybridized carbons (Fsp3) is 0.333. The van der Waals surface area contributed by atoms with Crippen LogP contribution in [0.15, 0.2) is 24.3 Å². The van der Waals surface area contributed by atoms with Crippen molar-refractivity contribution >= 4 is 11.7 Å². The highest BCUT2D eigenvalue weighted by Crippen LogP contribution is 2.11. The smallest absolute Gasteiger partial charge is 0.251 e. The first kappa shape index (κ1) is 12.2. The molecule has 16 heavy (non-hydrogen) atoms. The molecule has 0 saturated heterocycles. The number of hydrogen-bond donors (Lipinski definition) is 1. The minimum absolute atomic E-state index is 0.0616. The maximum Gasteiger partial charge on any atom is 0.251 e.